The normalized spacial score (nSPS) is 10.3. The van der Waals surface area contributed by atoms with Crippen LogP contribution in [-0.4, -0.2) is 29.4 Å². The van der Waals surface area contributed by atoms with Crippen molar-refractivity contribution < 1.29 is 9.53 Å². The highest BCUT2D eigenvalue weighted by Gasteiger charge is 2.15. The molecule has 84 valence electrons. The quantitative estimate of drug-likeness (QED) is 0.568. The fourth-order valence-corrected chi connectivity index (χ4v) is 1.45. The lowest BCUT2D eigenvalue weighted by Crippen LogP contribution is -2.06. The average Bonchev–Trinajstić information content (AvgIpc) is 2.59. The molecule has 1 aromatic heterocycles. The minimum atomic E-state index is -0.377. The van der Waals surface area contributed by atoms with E-state index in [1.165, 1.54) is 7.11 Å². The molecule has 15 heavy (non-hydrogen) atoms. The highest BCUT2D eigenvalue weighted by molar-refractivity contribution is 5.88. The Morgan fingerprint density at radius 1 is 1.60 bits per heavy atom. The number of methoxy groups -OCH3 is 1. The minimum Gasteiger partial charge on any atom is -0.464 e. The number of carbonyl (C=O) groups excluding carboxylic acids is 1. The van der Waals surface area contributed by atoms with Gasteiger partial charge in [-0.2, -0.15) is 5.10 Å². The Morgan fingerprint density at radius 2 is 2.33 bits per heavy atom. The van der Waals surface area contributed by atoms with Gasteiger partial charge in [-0.1, -0.05) is 0 Å². The SMILES string of the molecule is COC(=O)c1nn(C)cc1CCCCN. The maximum atomic E-state index is 11.4. The molecular formula is C10H17N3O2. The number of unbranched alkanes of at least 4 members (excludes halogenated alkanes) is 1. The summed E-state index contributed by atoms with van der Waals surface area (Å²) in [7, 11) is 3.15. The number of nitrogens with two attached hydrogens (primary N) is 1. The molecule has 2 N–H and O–H groups in total. The van der Waals surface area contributed by atoms with Crippen LogP contribution in [0.15, 0.2) is 6.20 Å². The number of hydrogen-bond donors (Lipinski definition) is 1. The minimum absolute atomic E-state index is 0.377. The molecule has 5 nitrogen and oxygen atoms in total. The fourth-order valence-electron chi connectivity index (χ4n) is 1.45. The zero-order valence-electron chi connectivity index (χ0n) is 9.19. The van der Waals surface area contributed by atoms with E-state index in [9.17, 15) is 4.79 Å². The molecule has 1 rings (SSSR count). The summed E-state index contributed by atoms with van der Waals surface area (Å²) in [5.41, 5.74) is 6.75. The highest BCUT2D eigenvalue weighted by Crippen LogP contribution is 2.11. The van der Waals surface area contributed by atoms with E-state index in [2.05, 4.69) is 9.84 Å². The van der Waals surface area contributed by atoms with E-state index >= 15 is 0 Å². The second-order valence-electron chi connectivity index (χ2n) is 3.41. The molecule has 0 unspecified atom stereocenters. The maximum absolute atomic E-state index is 11.4. The van der Waals surface area contributed by atoms with Gasteiger partial charge in [0, 0.05) is 18.8 Å². The van der Waals surface area contributed by atoms with Crippen LogP contribution in [0.1, 0.15) is 28.9 Å². The smallest absolute Gasteiger partial charge is 0.358 e. The van der Waals surface area contributed by atoms with Crippen LogP contribution in [0.4, 0.5) is 0 Å². The summed E-state index contributed by atoms with van der Waals surface area (Å²) in [5, 5.41) is 4.07. The fraction of sp³-hybridized carbons (Fsp3) is 0.600. The van der Waals surface area contributed by atoms with E-state index in [0.29, 0.717) is 12.2 Å². The van der Waals surface area contributed by atoms with Gasteiger partial charge in [-0.25, -0.2) is 4.79 Å². The third kappa shape index (κ3) is 3.06. The summed E-state index contributed by atoms with van der Waals surface area (Å²) in [6, 6.07) is 0. The first-order valence-electron chi connectivity index (χ1n) is 5.00. The van der Waals surface area contributed by atoms with Crippen molar-refractivity contribution in [2.75, 3.05) is 13.7 Å². The van der Waals surface area contributed by atoms with E-state index in [4.69, 9.17) is 5.73 Å². The van der Waals surface area contributed by atoms with E-state index in [-0.39, 0.29) is 5.97 Å². The first-order valence-corrected chi connectivity index (χ1v) is 5.00. The molecule has 0 aliphatic heterocycles. The predicted molar refractivity (Wildman–Crippen MR) is 56.5 cm³/mol. The average molecular weight is 211 g/mol. The first-order chi connectivity index (χ1) is 7.19. The second-order valence-corrected chi connectivity index (χ2v) is 3.41. The number of aromatic nitrogens is 2. The van der Waals surface area contributed by atoms with Gasteiger partial charge in [0.15, 0.2) is 5.69 Å². The molecule has 0 aliphatic carbocycles. The van der Waals surface area contributed by atoms with Gasteiger partial charge in [-0.15, -0.1) is 0 Å². The van der Waals surface area contributed by atoms with Gasteiger partial charge in [0.05, 0.1) is 7.11 Å². The Morgan fingerprint density at radius 3 is 2.93 bits per heavy atom. The van der Waals surface area contributed by atoms with Crippen LogP contribution < -0.4 is 5.73 Å². The molecule has 0 bridgehead atoms. The summed E-state index contributed by atoms with van der Waals surface area (Å²) >= 11 is 0. The van der Waals surface area contributed by atoms with E-state index in [1.54, 1.807) is 11.7 Å². The summed E-state index contributed by atoms with van der Waals surface area (Å²) in [6.07, 6.45) is 4.58. The number of rotatable bonds is 5. The van der Waals surface area contributed by atoms with Crippen molar-refractivity contribution in [1.82, 2.24) is 9.78 Å². The molecule has 5 heteroatoms. The molecule has 0 aliphatic rings. The van der Waals surface area contributed by atoms with E-state index in [0.717, 1.165) is 24.8 Å². The molecule has 0 spiro atoms. The predicted octanol–water partition coefficient (Wildman–Crippen LogP) is 0.488. The van der Waals surface area contributed by atoms with Crippen molar-refractivity contribution >= 4 is 5.97 Å². The van der Waals surface area contributed by atoms with Crippen LogP contribution in [0, 0.1) is 0 Å². The van der Waals surface area contributed by atoms with Crippen molar-refractivity contribution in [3.8, 4) is 0 Å². The maximum Gasteiger partial charge on any atom is 0.358 e. The van der Waals surface area contributed by atoms with Gasteiger partial charge in [0.1, 0.15) is 0 Å². The summed E-state index contributed by atoms with van der Waals surface area (Å²) < 4.78 is 6.29. The monoisotopic (exact) mass is 211 g/mol. The van der Waals surface area contributed by atoms with Crippen molar-refractivity contribution in [1.29, 1.82) is 0 Å². The number of ether oxygens (including phenoxy) is 1. The van der Waals surface area contributed by atoms with E-state index in [1.807, 2.05) is 6.20 Å². The molecule has 0 aromatic carbocycles. The second kappa shape index (κ2) is 5.50. The van der Waals surface area contributed by atoms with Gasteiger partial charge in [-0.3, -0.25) is 4.68 Å². The highest BCUT2D eigenvalue weighted by atomic mass is 16.5. The van der Waals surface area contributed by atoms with Crippen molar-refractivity contribution in [2.45, 2.75) is 19.3 Å². The summed E-state index contributed by atoms with van der Waals surface area (Å²) in [6.45, 7) is 0.674. The number of nitrogens with zero attached hydrogens (tertiary/aromatic N) is 2. The zero-order chi connectivity index (χ0) is 11.3. The van der Waals surface area contributed by atoms with Crippen LogP contribution in [0.5, 0.6) is 0 Å². The van der Waals surface area contributed by atoms with Crippen LogP contribution in [0.2, 0.25) is 0 Å². The zero-order valence-corrected chi connectivity index (χ0v) is 9.19. The van der Waals surface area contributed by atoms with Crippen molar-refractivity contribution in [3.05, 3.63) is 17.5 Å². The summed E-state index contributed by atoms with van der Waals surface area (Å²) in [4.78, 5) is 11.4. The number of aryl methyl sites for hydroxylation is 2. The molecule has 0 amide bonds. The topological polar surface area (TPSA) is 70.1 Å². The largest absolute Gasteiger partial charge is 0.464 e. The number of hydrogen-bond acceptors (Lipinski definition) is 4. The van der Waals surface area contributed by atoms with Crippen LogP contribution in [0.25, 0.3) is 0 Å². The third-order valence-electron chi connectivity index (χ3n) is 2.18. The molecule has 1 heterocycles. The Bertz CT molecular complexity index is 333. The number of carbonyl (C=O) groups is 1. The summed E-state index contributed by atoms with van der Waals surface area (Å²) in [5.74, 6) is -0.377. The first kappa shape index (κ1) is 11.7. The third-order valence-corrected chi connectivity index (χ3v) is 2.18. The Labute approximate surface area is 89.2 Å². The lowest BCUT2D eigenvalue weighted by molar-refractivity contribution is 0.0592. The molecule has 0 fully saturated rings. The molecule has 0 saturated heterocycles. The molecule has 0 atom stereocenters. The van der Waals surface area contributed by atoms with Crippen molar-refractivity contribution in [3.63, 3.8) is 0 Å². The van der Waals surface area contributed by atoms with Gasteiger partial charge >= 0.3 is 5.97 Å². The Hall–Kier alpha value is -1.36. The lowest BCUT2D eigenvalue weighted by Gasteiger charge is -1.99. The Kier molecular flexibility index (Phi) is 4.30. The van der Waals surface area contributed by atoms with Gasteiger partial charge in [-0.05, 0) is 25.8 Å². The van der Waals surface area contributed by atoms with E-state index < -0.39 is 0 Å². The lowest BCUT2D eigenvalue weighted by atomic mass is 10.1. The van der Waals surface area contributed by atoms with Crippen molar-refractivity contribution in [2.24, 2.45) is 12.8 Å². The van der Waals surface area contributed by atoms with Gasteiger partial charge < -0.3 is 10.5 Å². The van der Waals surface area contributed by atoms with Crippen LogP contribution >= 0.6 is 0 Å². The molecule has 0 saturated carbocycles. The molecule has 0 radical (unpaired) electrons. The van der Waals surface area contributed by atoms with Crippen LogP contribution in [-0.2, 0) is 18.2 Å². The molecular weight excluding hydrogens is 194 g/mol. The Balaban J connectivity index is 2.72. The van der Waals surface area contributed by atoms with Crippen LogP contribution in [0.3, 0.4) is 0 Å². The van der Waals surface area contributed by atoms with Gasteiger partial charge in [0.2, 0.25) is 0 Å². The molecule has 1 aromatic rings. The standard InChI is InChI=1S/C10H17N3O2/c1-13-7-8(5-3-4-6-11)9(12-13)10(14)15-2/h7H,3-6,11H2,1-2H3. The van der Waals surface area contributed by atoms with Gasteiger partial charge in [0.25, 0.3) is 0 Å². The number of esters is 1.